The van der Waals surface area contributed by atoms with Crippen LogP contribution < -0.4 is 9.64 Å². The van der Waals surface area contributed by atoms with Crippen LogP contribution in [0.2, 0.25) is 0 Å². The van der Waals surface area contributed by atoms with E-state index in [0.29, 0.717) is 23.0 Å². The molecule has 0 aliphatic carbocycles. The van der Waals surface area contributed by atoms with Gasteiger partial charge in [-0.3, -0.25) is 0 Å². The van der Waals surface area contributed by atoms with Gasteiger partial charge in [0, 0.05) is 17.0 Å². The van der Waals surface area contributed by atoms with Crippen molar-refractivity contribution in [3.8, 4) is 17.0 Å². The zero-order valence-corrected chi connectivity index (χ0v) is 17.5. The van der Waals surface area contributed by atoms with E-state index in [1.807, 2.05) is 0 Å². The van der Waals surface area contributed by atoms with Gasteiger partial charge >= 0.3 is 6.09 Å². The molecule has 0 saturated heterocycles. The fourth-order valence-corrected chi connectivity index (χ4v) is 3.63. The van der Waals surface area contributed by atoms with E-state index in [9.17, 15) is 13.6 Å². The zero-order chi connectivity index (χ0) is 21.5. The minimum Gasteiger partial charge on any atom is -0.491 e. The molecule has 0 unspecified atom stereocenters. The number of rotatable bonds is 8. The maximum atomic E-state index is 14.6. The molecule has 3 rings (SSSR count). The van der Waals surface area contributed by atoms with Gasteiger partial charge in [0.25, 0.3) is 0 Å². The van der Waals surface area contributed by atoms with E-state index in [2.05, 4.69) is 11.9 Å². The number of thiazole rings is 1. The van der Waals surface area contributed by atoms with Crippen molar-refractivity contribution in [2.75, 3.05) is 18.6 Å². The molecule has 8 heteroatoms. The van der Waals surface area contributed by atoms with Gasteiger partial charge in [0.15, 0.2) is 16.7 Å². The van der Waals surface area contributed by atoms with Crippen LogP contribution in [0.5, 0.6) is 5.75 Å². The highest BCUT2D eigenvalue weighted by Crippen LogP contribution is 2.34. The molecular weight excluding hydrogens is 410 g/mol. The molecule has 0 spiro atoms. The summed E-state index contributed by atoms with van der Waals surface area (Å²) in [7, 11) is 1.24. The monoisotopic (exact) mass is 432 g/mol. The van der Waals surface area contributed by atoms with Crippen LogP contribution in [0.25, 0.3) is 11.3 Å². The summed E-state index contributed by atoms with van der Waals surface area (Å²) in [5.74, 6) is -0.795. The Labute approximate surface area is 177 Å². The van der Waals surface area contributed by atoms with E-state index in [0.717, 1.165) is 19.3 Å². The summed E-state index contributed by atoms with van der Waals surface area (Å²) < 4.78 is 38.1. The van der Waals surface area contributed by atoms with E-state index >= 15 is 0 Å². The summed E-state index contributed by atoms with van der Waals surface area (Å²) in [4.78, 5) is 18.0. The predicted octanol–water partition coefficient (Wildman–Crippen LogP) is 6.56. The number of amides is 1. The van der Waals surface area contributed by atoms with Crippen molar-refractivity contribution < 1.29 is 23.0 Å². The standard InChI is InChI=1S/C22H22F2N2O3S/c1-3-4-5-12-29-20-11-10-17(13-18(20)24)26(22(27)28-2)21-25-19(14-30-21)15-6-8-16(23)9-7-15/h6-11,13-14H,3-5,12H2,1-2H3. The first kappa shape index (κ1) is 21.7. The Hall–Kier alpha value is -3.00. The molecule has 3 aromatic rings. The topological polar surface area (TPSA) is 51.7 Å². The molecule has 0 radical (unpaired) electrons. The number of carbonyl (C=O) groups excluding carboxylic acids is 1. The summed E-state index contributed by atoms with van der Waals surface area (Å²) >= 11 is 1.19. The molecule has 0 fully saturated rings. The van der Waals surface area contributed by atoms with Gasteiger partial charge in [-0.05, 0) is 42.8 Å². The Bertz CT molecular complexity index is 992. The molecule has 1 amide bonds. The lowest BCUT2D eigenvalue weighted by Crippen LogP contribution is -2.25. The molecule has 0 N–H and O–H groups in total. The van der Waals surface area contributed by atoms with E-state index in [4.69, 9.17) is 9.47 Å². The van der Waals surface area contributed by atoms with E-state index in [-0.39, 0.29) is 17.3 Å². The van der Waals surface area contributed by atoms with Gasteiger partial charge in [-0.15, -0.1) is 11.3 Å². The van der Waals surface area contributed by atoms with Crippen molar-refractivity contribution in [1.82, 2.24) is 4.98 Å². The Kier molecular flexibility index (Phi) is 7.35. The maximum Gasteiger partial charge on any atom is 0.420 e. The number of ether oxygens (including phenoxy) is 2. The number of methoxy groups -OCH3 is 1. The second-order valence-corrected chi connectivity index (χ2v) is 7.33. The predicted molar refractivity (Wildman–Crippen MR) is 113 cm³/mol. The van der Waals surface area contributed by atoms with Gasteiger partial charge in [-0.1, -0.05) is 19.8 Å². The summed E-state index contributed by atoms with van der Waals surface area (Å²) in [6.07, 6.45) is 2.20. The molecule has 1 aromatic heterocycles. The first-order valence-electron chi connectivity index (χ1n) is 9.55. The SMILES string of the molecule is CCCCCOc1ccc(N(C(=O)OC)c2nc(-c3ccc(F)cc3)cs2)cc1F. The molecule has 158 valence electrons. The quantitative estimate of drug-likeness (QED) is 0.378. The van der Waals surface area contributed by atoms with E-state index in [1.54, 1.807) is 23.6 Å². The van der Waals surface area contributed by atoms with Crippen LogP contribution in [0.3, 0.4) is 0 Å². The Morgan fingerprint density at radius 3 is 2.57 bits per heavy atom. The lowest BCUT2D eigenvalue weighted by Gasteiger charge is -2.19. The number of hydrogen-bond acceptors (Lipinski definition) is 5. The number of unbranched alkanes of at least 4 members (excludes halogenated alkanes) is 2. The summed E-state index contributed by atoms with van der Waals surface area (Å²) in [5, 5.41) is 2.04. The number of halogens is 2. The fraction of sp³-hybridized carbons (Fsp3) is 0.273. The van der Waals surface area contributed by atoms with Crippen molar-refractivity contribution >= 4 is 28.2 Å². The molecular formula is C22H22F2N2O3S. The molecule has 0 aliphatic rings. The second kappa shape index (κ2) is 10.2. The highest BCUT2D eigenvalue weighted by atomic mass is 32.1. The average Bonchev–Trinajstić information content (AvgIpc) is 3.22. The van der Waals surface area contributed by atoms with Crippen molar-refractivity contribution in [2.45, 2.75) is 26.2 Å². The Morgan fingerprint density at radius 2 is 1.90 bits per heavy atom. The molecule has 1 heterocycles. The molecule has 2 aromatic carbocycles. The molecule has 0 aliphatic heterocycles. The Balaban J connectivity index is 1.85. The largest absolute Gasteiger partial charge is 0.491 e. The minimum absolute atomic E-state index is 0.130. The van der Waals surface area contributed by atoms with Crippen molar-refractivity contribution in [2.24, 2.45) is 0 Å². The minimum atomic E-state index is -0.703. The third kappa shape index (κ3) is 5.13. The van der Waals surface area contributed by atoms with Gasteiger partial charge in [-0.2, -0.15) is 0 Å². The number of nitrogens with zero attached hydrogens (tertiary/aromatic N) is 2. The van der Waals surface area contributed by atoms with Crippen molar-refractivity contribution in [1.29, 1.82) is 0 Å². The molecule has 0 bridgehead atoms. The van der Waals surface area contributed by atoms with Crippen LogP contribution in [0, 0.1) is 11.6 Å². The van der Waals surface area contributed by atoms with Crippen LogP contribution in [0.15, 0.2) is 47.8 Å². The normalized spacial score (nSPS) is 10.7. The summed E-state index contributed by atoms with van der Waals surface area (Å²) in [6.45, 7) is 2.51. The Morgan fingerprint density at radius 1 is 1.13 bits per heavy atom. The van der Waals surface area contributed by atoms with Gasteiger partial charge < -0.3 is 9.47 Å². The second-order valence-electron chi connectivity index (χ2n) is 6.50. The first-order valence-corrected chi connectivity index (χ1v) is 10.4. The lowest BCUT2D eigenvalue weighted by atomic mass is 10.2. The fourth-order valence-electron chi connectivity index (χ4n) is 2.79. The lowest BCUT2D eigenvalue weighted by molar-refractivity contribution is 0.181. The first-order chi connectivity index (χ1) is 14.5. The highest BCUT2D eigenvalue weighted by molar-refractivity contribution is 7.14. The maximum absolute atomic E-state index is 14.6. The van der Waals surface area contributed by atoms with Gasteiger partial charge in [-0.25, -0.2) is 23.5 Å². The van der Waals surface area contributed by atoms with Gasteiger partial charge in [0.2, 0.25) is 0 Å². The highest BCUT2D eigenvalue weighted by Gasteiger charge is 2.23. The van der Waals surface area contributed by atoms with Gasteiger partial charge in [0.1, 0.15) is 5.82 Å². The van der Waals surface area contributed by atoms with Gasteiger partial charge in [0.05, 0.1) is 25.1 Å². The van der Waals surface area contributed by atoms with E-state index < -0.39 is 11.9 Å². The van der Waals surface area contributed by atoms with Crippen LogP contribution in [0.1, 0.15) is 26.2 Å². The van der Waals surface area contributed by atoms with Crippen LogP contribution in [-0.4, -0.2) is 24.8 Å². The van der Waals surface area contributed by atoms with Crippen LogP contribution >= 0.6 is 11.3 Å². The number of benzene rings is 2. The smallest absolute Gasteiger partial charge is 0.420 e. The van der Waals surface area contributed by atoms with Crippen molar-refractivity contribution in [3.63, 3.8) is 0 Å². The average molecular weight is 432 g/mol. The number of carbonyl (C=O) groups is 1. The third-order valence-electron chi connectivity index (χ3n) is 4.36. The molecule has 0 atom stereocenters. The summed E-state index contributed by atoms with van der Waals surface area (Å²) in [5.41, 5.74) is 1.53. The zero-order valence-electron chi connectivity index (χ0n) is 16.7. The van der Waals surface area contributed by atoms with Crippen LogP contribution in [-0.2, 0) is 4.74 Å². The van der Waals surface area contributed by atoms with Crippen molar-refractivity contribution in [3.05, 3.63) is 59.5 Å². The molecule has 30 heavy (non-hydrogen) atoms. The van der Waals surface area contributed by atoms with E-state index in [1.165, 1.54) is 47.6 Å². The third-order valence-corrected chi connectivity index (χ3v) is 5.19. The molecule has 0 saturated carbocycles. The summed E-state index contributed by atoms with van der Waals surface area (Å²) in [6, 6.07) is 10.1. The number of hydrogen-bond donors (Lipinski definition) is 0. The molecule has 5 nitrogen and oxygen atoms in total. The van der Waals surface area contributed by atoms with Crippen LogP contribution in [0.4, 0.5) is 24.4 Å². The number of aromatic nitrogens is 1. The number of anilines is 2.